The Morgan fingerprint density at radius 2 is 1.79 bits per heavy atom. The van der Waals surface area contributed by atoms with E-state index in [0.29, 0.717) is 43.4 Å². The van der Waals surface area contributed by atoms with Crippen LogP contribution in [-0.2, 0) is 14.3 Å². The van der Waals surface area contributed by atoms with E-state index >= 15 is 0 Å². The second-order valence-electron chi connectivity index (χ2n) is 11.4. The molecular weight excluding hydrogens is 628 g/mol. The van der Waals surface area contributed by atoms with E-state index in [-0.39, 0.29) is 29.8 Å². The highest BCUT2D eigenvalue weighted by molar-refractivity contribution is 7.07. The van der Waals surface area contributed by atoms with Crippen molar-refractivity contribution >= 4 is 35.0 Å². The average molecular weight is 663 g/mol. The molecule has 1 atom stereocenters. The largest absolute Gasteiger partial charge is 0.497 e. The summed E-state index contributed by atoms with van der Waals surface area (Å²) in [5, 5.41) is 0. The number of furan rings is 1. The number of ether oxygens (including phenoxy) is 3. The van der Waals surface area contributed by atoms with Gasteiger partial charge in [0, 0.05) is 17.2 Å². The summed E-state index contributed by atoms with van der Waals surface area (Å²) < 4.78 is 24.5. The third kappa shape index (κ3) is 6.39. The van der Waals surface area contributed by atoms with E-state index in [4.69, 9.17) is 23.6 Å². The molecule has 10 heteroatoms. The molecule has 3 aromatic carbocycles. The molecule has 1 aliphatic rings. The Labute approximate surface area is 281 Å². The molecule has 48 heavy (non-hydrogen) atoms. The number of thiazole rings is 1. The van der Waals surface area contributed by atoms with Gasteiger partial charge in [0.2, 0.25) is 0 Å². The zero-order valence-electron chi connectivity index (χ0n) is 27.2. The number of carbonyl (C=O) groups excluding carboxylic acids is 2. The Balaban J connectivity index is 1.48. The fourth-order valence-electron chi connectivity index (χ4n) is 5.62. The van der Waals surface area contributed by atoms with E-state index in [2.05, 4.69) is 0 Å². The molecular formula is C38H34N2O7S. The summed E-state index contributed by atoms with van der Waals surface area (Å²) in [4.78, 5) is 45.6. The van der Waals surface area contributed by atoms with Crippen molar-refractivity contribution in [1.82, 2.24) is 4.57 Å². The second-order valence-corrected chi connectivity index (χ2v) is 12.4. The fourth-order valence-corrected chi connectivity index (χ4v) is 6.60. The molecule has 0 bridgehead atoms. The highest BCUT2D eigenvalue weighted by atomic mass is 32.1. The van der Waals surface area contributed by atoms with E-state index < -0.39 is 12.0 Å². The molecule has 3 heterocycles. The molecule has 244 valence electrons. The van der Waals surface area contributed by atoms with Crippen molar-refractivity contribution in [3.05, 3.63) is 138 Å². The van der Waals surface area contributed by atoms with Gasteiger partial charge in [0.25, 0.3) is 5.56 Å². The molecule has 0 unspecified atom stereocenters. The first-order chi connectivity index (χ1) is 23.2. The van der Waals surface area contributed by atoms with Gasteiger partial charge in [0.05, 0.1) is 47.2 Å². The van der Waals surface area contributed by atoms with Gasteiger partial charge in [0.1, 0.15) is 17.3 Å². The molecule has 0 saturated carbocycles. The summed E-state index contributed by atoms with van der Waals surface area (Å²) >= 11 is 1.21. The molecule has 5 aromatic rings. The first kappa shape index (κ1) is 32.5. The number of methoxy groups -OCH3 is 1. The third-order valence-electron chi connectivity index (χ3n) is 7.75. The average Bonchev–Trinajstić information content (AvgIpc) is 3.67. The highest BCUT2D eigenvalue weighted by Gasteiger charge is 2.35. The number of benzene rings is 3. The van der Waals surface area contributed by atoms with Crippen molar-refractivity contribution in [3.63, 3.8) is 0 Å². The summed E-state index contributed by atoms with van der Waals surface area (Å²) in [6.07, 6.45) is 1.46. The van der Waals surface area contributed by atoms with Gasteiger partial charge in [-0.3, -0.25) is 9.36 Å². The normalized spacial score (nSPS) is 14.5. The fraction of sp³-hybridized carbons (Fsp3) is 0.211. The van der Waals surface area contributed by atoms with Crippen LogP contribution in [0.4, 0.5) is 0 Å². The van der Waals surface area contributed by atoms with E-state index in [1.165, 1.54) is 15.9 Å². The van der Waals surface area contributed by atoms with Gasteiger partial charge < -0.3 is 18.6 Å². The SMILES string of the molecule is CCOC(=O)C1=C(c2ccccc2)N=c2s/c(=C/c3ccc(-c4ccc(C(=O)OC(C)C)cc4C)o3)c(=O)n2[C@@H]1c1cccc(OC)c1. The molecule has 0 spiro atoms. The van der Waals surface area contributed by atoms with Crippen LogP contribution < -0.4 is 19.6 Å². The predicted molar refractivity (Wildman–Crippen MR) is 183 cm³/mol. The van der Waals surface area contributed by atoms with Crippen molar-refractivity contribution in [2.24, 2.45) is 4.99 Å². The summed E-state index contributed by atoms with van der Waals surface area (Å²) in [7, 11) is 1.57. The van der Waals surface area contributed by atoms with E-state index in [0.717, 1.165) is 16.7 Å². The lowest BCUT2D eigenvalue weighted by Crippen LogP contribution is -2.40. The summed E-state index contributed by atoms with van der Waals surface area (Å²) in [5.74, 6) is 0.685. The highest BCUT2D eigenvalue weighted by Crippen LogP contribution is 2.36. The molecule has 1 aliphatic heterocycles. The lowest BCUT2D eigenvalue weighted by Gasteiger charge is -2.26. The minimum Gasteiger partial charge on any atom is -0.497 e. The first-order valence-corrected chi connectivity index (χ1v) is 16.3. The van der Waals surface area contributed by atoms with Crippen LogP contribution in [0.3, 0.4) is 0 Å². The van der Waals surface area contributed by atoms with Crippen LogP contribution in [0, 0.1) is 6.92 Å². The lowest BCUT2D eigenvalue weighted by atomic mass is 9.93. The number of carbonyl (C=O) groups is 2. The maximum absolute atomic E-state index is 14.2. The molecule has 0 saturated heterocycles. The van der Waals surface area contributed by atoms with Crippen molar-refractivity contribution in [2.75, 3.05) is 13.7 Å². The van der Waals surface area contributed by atoms with Gasteiger partial charge in [-0.2, -0.15) is 0 Å². The Morgan fingerprint density at radius 1 is 1.00 bits per heavy atom. The van der Waals surface area contributed by atoms with E-state index in [1.807, 2.05) is 67.6 Å². The zero-order chi connectivity index (χ0) is 33.9. The number of rotatable bonds is 9. The monoisotopic (exact) mass is 662 g/mol. The van der Waals surface area contributed by atoms with E-state index in [1.54, 1.807) is 58.2 Å². The number of esters is 2. The molecule has 2 aromatic heterocycles. The summed E-state index contributed by atoms with van der Waals surface area (Å²) in [6.45, 7) is 7.41. The van der Waals surface area contributed by atoms with Crippen molar-refractivity contribution in [1.29, 1.82) is 0 Å². The Hall–Kier alpha value is -5.48. The molecule has 0 fully saturated rings. The Kier molecular flexibility index (Phi) is 9.27. The van der Waals surface area contributed by atoms with Crippen LogP contribution in [0.1, 0.15) is 59.6 Å². The number of nitrogens with zero attached hydrogens (tertiary/aromatic N) is 2. The second kappa shape index (κ2) is 13.7. The maximum atomic E-state index is 14.2. The third-order valence-corrected chi connectivity index (χ3v) is 8.74. The van der Waals surface area contributed by atoms with Crippen LogP contribution in [0.2, 0.25) is 0 Å². The number of hydrogen-bond donors (Lipinski definition) is 0. The van der Waals surface area contributed by atoms with Gasteiger partial charge in [-0.05, 0) is 75.2 Å². The Morgan fingerprint density at radius 3 is 2.50 bits per heavy atom. The van der Waals surface area contributed by atoms with Crippen molar-refractivity contribution in [3.8, 4) is 17.1 Å². The Bertz CT molecular complexity index is 2220. The molecule has 0 N–H and O–H groups in total. The van der Waals surface area contributed by atoms with Gasteiger partial charge in [0.15, 0.2) is 4.80 Å². The van der Waals surface area contributed by atoms with Crippen molar-refractivity contribution in [2.45, 2.75) is 39.8 Å². The van der Waals surface area contributed by atoms with Gasteiger partial charge in [-0.25, -0.2) is 14.6 Å². The number of hydrogen-bond acceptors (Lipinski definition) is 9. The summed E-state index contributed by atoms with van der Waals surface area (Å²) in [5.41, 5.74) is 3.86. The first-order valence-electron chi connectivity index (χ1n) is 15.5. The van der Waals surface area contributed by atoms with Crippen LogP contribution >= 0.6 is 11.3 Å². The topological polar surface area (TPSA) is 109 Å². The lowest BCUT2D eigenvalue weighted by molar-refractivity contribution is -0.138. The van der Waals surface area contributed by atoms with Gasteiger partial charge in [-0.1, -0.05) is 59.9 Å². The standard InChI is InChI=1S/C38H34N2O7S/c1-6-45-37(43)32-33(24-11-8-7-9-12-24)39-38-40(34(32)25-13-10-14-27(20-25)44-5)35(41)31(48-38)21-28-16-18-30(47-28)29-17-15-26(19-23(29)4)36(42)46-22(2)3/h7-22,34H,6H2,1-5H3/b31-21+/t34-/m1/s1. The molecule has 0 aliphatic carbocycles. The quantitative estimate of drug-likeness (QED) is 0.176. The number of aryl methyl sites for hydroxylation is 1. The molecule has 0 amide bonds. The van der Waals surface area contributed by atoms with Crippen LogP contribution in [-0.4, -0.2) is 36.3 Å². The minimum atomic E-state index is -0.830. The molecule has 6 rings (SSSR count). The smallest absolute Gasteiger partial charge is 0.338 e. The van der Waals surface area contributed by atoms with Gasteiger partial charge >= 0.3 is 11.9 Å². The van der Waals surface area contributed by atoms with Crippen molar-refractivity contribution < 1.29 is 28.2 Å². The summed E-state index contributed by atoms with van der Waals surface area (Å²) in [6, 6.07) is 24.7. The minimum absolute atomic E-state index is 0.157. The van der Waals surface area contributed by atoms with E-state index in [9.17, 15) is 14.4 Å². The van der Waals surface area contributed by atoms with Crippen LogP contribution in [0.25, 0.3) is 23.1 Å². The van der Waals surface area contributed by atoms with Crippen LogP contribution in [0.15, 0.2) is 105 Å². The van der Waals surface area contributed by atoms with Crippen LogP contribution in [0.5, 0.6) is 5.75 Å². The predicted octanol–water partition coefficient (Wildman–Crippen LogP) is 6.08. The van der Waals surface area contributed by atoms with Gasteiger partial charge in [-0.15, -0.1) is 0 Å². The number of aromatic nitrogens is 1. The number of fused-ring (bicyclic) bond motifs is 1. The molecule has 9 nitrogen and oxygen atoms in total. The molecule has 0 radical (unpaired) electrons. The maximum Gasteiger partial charge on any atom is 0.338 e. The zero-order valence-corrected chi connectivity index (χ0v) is 28.0.